The minimum atomic E-state index is 0.0402. The van der Waals surface area contributed by atoms with E-state index in [9.17, 15) is 4.79 Å². The molecule has 3 heteroatoms. The highest BCUT2D eigenvalue weighted by Crippen LogP contribution is 2.15. The molecule has 1 heterocycles. The van der Waals surface area contributed by atoms with Gasteiger partial charge in [-0.1, -0.05) is 18.2 Å². The van der Waals surface area contributed by atoms with Gasteiger partial charge < -0.3 is 4.57 Å². The number of aromatic nitrogens is 1. The molecule has 0 aliphatic carbocycles. The van der Waals surface area contributed by atoms with Crippen molar-refractivity contribution in [2.45, 2.75) is 13.5 Å². The molecule has 0 N–H and O–H groups in total. The van der Waals surface area contributed by atoms with E-state index >= 15 is 0 Å². The smallest absolute Gasteiger partial charge is 0.189 e. The summed E-state index contributed by atoms with van der Waals surface area (Å²) in [5, 5.41) is 9.65. The largest absolute Gasteiger partial charge is 0.343 e. The molecule has 3 nitrogen and oxygen atoms in total. The predicted octanol–water partition coefficient (Wildman–Crippen LogP) is 3.23. The molecule has 0 spiro atoms. The molecule has 102 valence electrons. The van der Waals surface area contributed by atoms with Gasteiger partial charge in [0.25, 0.3) is 0 Å². The van der Waals surface area contributed by atoms with Crippen LogP contribution in [0.1, 0.15) is 16.7 Å². The third-order valence-electron chi connectivity index (χ3n) is 3.70. The van der Waals surface area contributed by atoms with Crippen LogP contribution in [-0.2, 0) is 6.54 Å². The van der Waals surface area contributed by atoms with E-state index in [1.807, 2.05) is 55.6 Å². The molecule has 0 fully saturated rings. The maximum absolute atomic E-state index is 11.9. The van der Waals surface area contributed by atoms with Gasteiger partial charge in [0, 0.05) is 24.2 Å². The number of nitrogens with zero attached hydrogens (tertiary/aromatic N) is 2. The number of hydrogen-bond donors (Lipinski definition) is 0. The number of hydrogen-bond acceptors (Lipinski definition) is 2. The van der Waals surface area contributed by atoms with Crippen LogP contribution in [0.5, 0.6) is 0 Å². The van der Waals surface area contributed by atoms with E-state index < -0.39 is 0 Å². The quantitative estimate of drug-likeness (QED) is 0.720. The van der Waals surface area contributed by atoms with Crippen LogP contribution < -0.4 is 5.43 Å². The monoisotopic (exact) mass is 274 g/mol. The van der Waals surface area contributed by atoms with Crippen LogP contribution in [0.3, 0.4) is 0 Å². The number of nitriles is 1. The van der Waals surface area contributed by atoms with Crippen LogP contribution in [0.4, 0.5) is 0 Å². The molecule has 0 saturated heterocycles. The van der Waals surface area contributed by atoms with E-state index in [1.165, 1.54) is 0 Å². The zero-order valence-electron chi connectivity index (χ0n) is 11.7. The van der Waals surface area contributed by atoms with Crippen LogP contribution in [0, 0.1) is 18.3 Å². The molecule has 1 aromatic heterocycles. The van der Waals surface area contributed by atoms with Crippen molar-refractivity contribution < 1.29 is 0 Å². The van der Waals surface area contributed by atoms with Gasteiger partial charge in [0.15, 0.2) is 5.43 Å². The van der Waals surface area contributed by atoms with E-state index in [0.717, 1.165) is 22.0 Å². The molecule has 0 atom stereocenters. The molecule has 0 aliphatic rings. The Morgan fingerprint density at radius 1 is 1.14 bits per heavy atom. The number of benzene rings is 2. The van der Waals surface area contributed by atoms with Gasteiger partial charge in [-0.05, 0) is 42.3 Å². The Morgan fingerprint density at radius 2 is 1.95 bits per heavy atom. The maximum Gasteiger partial charge on any atom is 0.189 e. The molecular weight excluding hydrogens is 260 g/mol. The summed E-state index contributed by atoms with van der Waals surface area (Å²) in [4.78, 5) is 11.9. The maximum atomic E-state index is 11.9. The standard InChI is InChI=1S/C18H14N2O/c1-13-10-14(11-19)6-7-15(13)12-20-9-8-18(21)16-4-2-3-5-17(16)20/h2-10H,12H2,1H3. The first-order valence-corrected chi connectivity index (χ1v) is 6.77. The van der Waals surface area contributed by atoms with Gasteiger partial charge in [-0.15, -0.1) is 0 Å². The van der Waals surface area contributed by atoms with Crippen molar-refractivity contribution in [3.63, 3.8) is 0 Å². The minimum absolute atomic E-state index is 0.0402. The first-order valence-electron chi connectivity index (χ1n) is 6.77. The van der Waals surface area contributed by atoms with Crippen LogP contribution in [0.25, 0.3) is 10.9 Å². The average molecular weight is 274 g/mol. The van der Waals surface area contributed by atoms with Gasteiger partial charge in [-0.3, -0.25) is 4.79 Å². The summed E-state index contributed by atoms with van der Waals surface area (Å²) in [6.07, 6.45) is 1.82. The lowest BCUT2D eigenvalue weighted by Crippen LogP contribution is -2.09. The second-order valence-corrected chi connectivity index (χ2v) is 5.08. The topological polar surface area (TPSA) is 45.8 Å². The summed E-state index contributed by atoms with van der Waals surface area (Å²) in [5.74, 6) is 0. The van der Waals surface area contributed by atoms with Gasteiger partial charge in [0.2, 0.25) is 0 Å². The molecule has 2 aromatic carbocycles. The molecule has 0 radical (unpaired) electrons. The average Bonchev–Trinajstić information content (AvgIpc) is 2.52. The van der Waals surface area contributed by atoms with Gasteiger partial charge >= 0.3 is 0 Å². The van der Waals surface area contributed by atoms with Gasteiger partial charge in [-0.25, -0.2) is 0 Å². The van der Waals surface area contributed by atoms with Gasteiger partial charge in [0.05, 0.1) is 17.1 Å². The van der Waals surface area contributed by atoms with E-state index in [0.29, 0.717) is 12.1 Å². The number of fused-ring (bicyclic) bond motifs is 1. The van der Waals surface area contributed by atoms with Crippen LogP contribution in [0.15, 0.2) is 59.5 Å². The zero-order valence-corrected chi connectivity index (χ0v) is 11.7. The van der Waals surface area contributed by atoms with Crippen molar-refractivity contribution in [3.05, 3.63) is 81.6 Å². The number of aryl methyl sites for hydroxylation is 1. The van der Waals surface area contributed by atoms with E-state index in [2.05, 4.69) is 10.6 Å². The SMILES string of the molecule is Cc1cc(C#N)ccc1Cn1ccc(=O)c2ccccc21. The lowest BCUT2D eigenvalue weighted by atomic mass is 10.1. The summed E-state index contributed by atoms with van der Waals surface area (Å²) in [7, 11) is 0. The van der Waals surface area contributed by atoms with Crippen molar-refractivity contribution >= 4 is 10.9 Å². The number of para-hydroxylation sites is 1. The molecule has 0 saturated carbocycles. The third-order valence-corrected chi connectivity index (χ3v) is 3.70. The third kappa shape index (κ3) is 2.44. The van der Waals surface area contributed by atoms with E-state index in [4.69, 9.17) is 5.26 Å². The van der Waals surface area contributed by atoms with Gasteiger partial charge in [-0.2, -0.15) is 5.26 Å². The lowest BCUT2D eigenvalue weighted by Gasteiger charge is -2.12. The lowest BCUT2D eigenvalue weighted by molar-refractivity contribution is 0.819. The Morgan fingerprint density at radius 3 is 2.71 bits per heavy atom. The minimum Gasteiger partial charge on any atom is -0.343 e. The Labute approximate surface area is 122 Å². The highest BCUT2D eigenvalue weighted by Gasteiger charge is 2.05. The first kappa shape index (κ1) is 13.1. The number of pyridine rings is 1. The molecule has 0 amide bonds. The Balaban J connectivity index is 2.09. The molecule has 0 unspecified atom stereocenters. The molecular formula is C18H14N2O. The summed E-state index contributed by atoms with van der Waals surface area (Å²) >= 11 is 0. The van der Waals surface area contributed by atoms with Crippen molar-refractivity contribution in [2.24, 2.45) is 0 Å². The number of rotatable bonds is 2. The van der Waals surface area contributed by atoms with Gasteiger partial charge in [0.1, 0.15) is 0 Å². The fourth-order valence-corrected chi connectivity index (χ4v) is 2.52. The molecule has 3 rings (SSSR count). The molecule has 0 bridgehead atoms. The van der Waals surface area contributed by atoms with E-state index in [1.54, 1.807) is 6.07 Å². The van der Waals surface area contributed by atoms with Crippen molar-refractivity contribution in [2.75, 3.05) is 0 Å². The van der Waals surface area contributed by atoms with Crippen LogP contribution in [0.2, 0.25) is 0 Å². The fraction of sp³-hybridized carbons (Fsp3) is 0.111. The predicted molar refractivity (Wildman–Crippen MR) is 83.2 cm³/mol. The highest BCUT2D eigenvalue weighted by atomic mass is 16.1. The summed E-state index contributed by atoms with van der Waals surface area (Å²) < 4.78 is 2.06. The Kier molecular flexibility index (Phi) is 3.29. The van der Waals surface area contributed by atoms with E-state index in [-0.39, 0.29) is 5.43 Å². The second kappa shape index (κ2) is 5.26. The summed E-state index contributed by atoms with van der Waals surface area (Å²) in [6, 6.07) is 17.0. The second-order valence-electron chi connectivity index (χ2n) is 5.08. The summed E-state index contributed by atoms with van der Waals surface area (Å²) in [5.41, 5.74) is 3.85. The fourth-order valence-electron chi connectivity index (χ4n) is 2.52. The van der Waals surface area contributed by atoms with Crippen molar-refractivity contribution in [1.82, 2.24) is 4.57 Å². The molecule has 21 heavy (non-hydrogen) atoms. The van der Waals surface area contributed by atoms with Crippen LogP contribution >= 0.6 is 0 Å². The van der Waals surface area contributed by atoms with Crippen molar-refractivity contribution in [3.8, 4) is 6.07 Å². The van der Waals surface area contributed by atoms with Crippen molar-refractivity contribution in [1.29, 1.82) is 5.26 Å². The first-order chi connectivity index (χ1) is 10.2. The van der Waals surface area contributed by atoms with Crippen LogP contribution in [-0.4, -0.2) is 4.57 Å². The molecule has 0 aliphatic heterocycles. The molecule has 3 aromatic rings. The Bertz CT molecular complexity index is 916. The zero-order chi connectivity index (χ0) is 14.8. The normalized spacial score (nSPS) is 10.5. The summed E-state index contributed by atoms with van der Waals surface area (Å²) in [6.45, 7) is 2.68. The highest BCUT2D eigenvalue weighted by molar-refractivity contribution is 5.78. The Hall–Kier alpha value is -2.86.